The lowest BCUT2D eigenvalue weighted by atomic mass is 10.1. The first-order valence-electron chi connectivity index (χ1n) is 10.2. The van der Waals surface area contributed by atoms with Gasteiger partial charge in [0.1, 0.15) is 5.75 Å². The van der Waals surface area contributed by atoms with Gasteiger partial charge in [-0.2, -0.15) is 0 Å². The van der Waals surface area contributed by atoms with Gasteiger partial charge in [-0.3, -0.25) is 9.69 Å². The van der Waals surface area contributed by atoms with Crippen molar-refractivity contribution >= 4 is 32.6 Å². The summed E-state index contributed by atoms with van der Waals surface area (Å²) in [5, 5.41) is 0.716. The van der Waals surface area contributed by atoms with Gasteiger partial charge in [0.05, 0.1) is 23.4 Å². The van der Waals surface area contributed by atoms with Gasteiger partial charge in [0.25, 0.3) is 5.91 Å². The quantitative estimate of drug-likeness (QED) is 0.365. The van der Waals surface area contributed by atoms with Crippen LogP contribution in [0.1, 0.15) is 35.3 Å². The van der Waals surface area contributed by atoms with Gasteiger partial charge in [0.15, 0.2) is 5.13 Å². The van der Waals surface area contributed by atoms with Crippen molar-refractivity contribution in [3.63, 3.8) is 0 Å². The zero-order chi connectivity index (χ0) is 20.9. The number of nitrogens with zero attached hydrogens (tertiary/aromatic N) is 2. The van der Waals surface area contributed by atoms with Crippen LogP contribution in [0.2, 0.25) is 0 Å². The number of anilines is 1. The fraction of sp³-hybridized carbons (Fsp3) is 0.200. The molecule has 0 spiro atoms. The number of amides is 1. The molecule has 0 unspecified atom stereocenters. The molecule has 0 aliphatic heterocycles. The van der Waals surface area contributed by atoms with Crippen molar-refractivity contribution in [2.45, 2.75) is 26.8 Å². The minimum atomic E-state index is -0.0704. The summed E-state index contributed by atoms with van der Waals surface area (Å²) in [4.78, 5) is 20.1. The Labute approximate surface area is 180 Å². The number of rotatable bonds is 7. The summed E-state index contributed by atoms with van der Waals surface area (Å²) in [5.41, 5.74) is 3.86. The number of hydrogen-bond acceptors (Lipinski definition) is 4. The van der Waals surface area contributed by atoms with Crippen LogP contribution in [0.15, 0.2) is 72.8 Å². The second-order valence-corrected chi connectivity index (χ2v) is 7.96. The first-order valence-corrected chi connectivity index (χ1v) is 11.0. The van der Waals surface area contributed by atoms with Gasteiger partial charge >= 0.3 is 0 Å². The number of hydrogen-bond donors (Lipinski definition) is 0. The molecular weight excluding hydrogens is 392 g/mol. The molecule has 4 aromatic rings. The van der Waals surface area contributed by atoms with E-state index in [2.05, 4.69) is 25.1 Å². The van der Waals surface area contributed by atoms with E-state index in [1.54, 1.807) is 16.2 Å². The Hall–Kier alpha value is -3.18. The van der Waals surface area contributed by atoms with Crippen LogP contribution in [-0.4, -0.2) is 17.5 Å². The molecule has 0 radical (unpaired) electrons. The first kappa shape index (κ1) is 20.1. The number of aryl methyl sites for hydroxylation is 1. The van der Waals surface area contributed by atoms with Gasteiger partial charge in [0.2, 0.25) is 0 Å². The lowest BCUT2D eigenvalue weighted by molar-refractivity contribution is 0.0985. The minimum absolute atomic E-state index is 0.0704. The molecule has 0 saturated carbocycles. The Morgan fingerprint density at radius 2 is 1.73 bits per heavy atom. The van der Waals surface area contributed by atoms with Gasteiger partial charge in [0, 0.05) is 5.56 Å². The van der Waals surface area contributed by atoms with Gasteiger partial charge in [-0.15, -0.1) is 0 Å². The van der Waals surface area contributed by atoms with Crippen molar-refractivity contribution in [3.05, 3.63) is 89.5 Å². The van der Waals surface area contributed by atoms with Gasteiger partial charge in [-0.1, -0.05) is 60.7 Å². The van der Waals surface area contributed by atoms with Crippen LogP contribution in [0.25, 0.3) is 10.2 Å². The van der Waals surface area contributed by atoms with E-state index in [4.69, 9.17) is 9.72 Å². The van der Waals surface area contributed by atoms with E-state index in [1.807, 2.05) is 61.5 Å². The Bertz CT molecular complexity index is 1140. The van der Waals surface area contributed by atoms with E-state index >= 15 is 0 Å². The molecule has 0 bridgehead atoms. The molecule has 0 atom stereocenters. The van der Waals surface area contributed by atoms with Crippen LogP contribution >= 0.6 is 11.3 Å². The normalized spacial score (nSPS) is 10.9. The van der Waals surface area contributed by atoms with Crippen molar-refractivity contribution < 1.29 is 9.53 Å². The van der Waals surface area contributed by atoms with Crippen LogP contribution in [0.3, 0.4) is 0 Å². The Morgan fingerprint density at radius 3 is 2.43 bits per heavy atom. The van der Waals surface area contributed by atoms with Crippen molar-refractivity contribution in [2.24, 2.45) is 0 Å². The number of benzene rings is 3. The summed E-state index contributed by atoms with van der Waals surface area (Å²) < 4.78 is 6.61. The predicted molar refractivity (Wildman–Crippen MR) is 124 cm³/mol. The number of carbonyl (C=O) groups is 1. The molecule has 0 fully saturated rings. The predicted octanol–water partition coefficient (Wildman–Crippen LogP) is 6.10. The van der Waals surface area contributed by atoms with E-state index in [9.17, 15) is 4.79 Å². The highest BCUT2D eigenvalue weighted by molar-refractivity contribution is 7.22. The summed E-state index contributed by atoms with van der Waals surface area (Å²) in [6.45, 7) is 5.13. The summed E-state index contributed by atoms with van der Waals surface area (Å²) in [5.74, 6) is 0.690. The topological polar surface area (TPSA) is 42.4 Å². The number of carbonyl (C=O) groups excluding carboxylic acids is 1. The molecule has 0 aliphatic carbocycles. The molecule has 4 rings (SSSR count). The first-order chi connectivity index (χ1) is 14.7. The molecule has 0 aliphatic rings. The number of thiazole rings is 1. The van der Waals surface area contributed by atoms with Crippen LogP contribution in [0.5, 0.6) is 5.75 Å². The van der Waals surface area contributed by atoms with Crippen molar-refractivity contribution in [3.8, 4) is 5.75 Å². The number of para-hydroxylation sites is 1. The molecule has 1 amide bonds. The third kappa shape index (κ3) is 4.21. The molecule has 1 heterocycles. The van der Waals surface area contributed by atoms with E-state index in [0.29, 0.717) is 23.8 Å². The highest BCUT2D eigenvalue weighted by atomic mass is 32.1. The van der Waals surface area contributed by atoms with Crippen LogP contribution in [-0.2, 0) is 13.0 Å². The molecule has 152 valence electrons. The summed E-state index contributed by atoms with van der Waals surface area (Å²) in [7, 11) is 0. The van der Waals surface area contributed by atoms with E-state index in [0.717, 1.165) is 28.0 Å². The van der Waals surface area contributed by atoms with Gasteiger partial charge in [-0.05, 0) is 54.8 Å². The molecule has 1 aromatic heterocycles. The lowest BCUT2D eigenvalue weighted by Crippen LogP contribution is -2.30. The molecular formula is C25H24N2O2S. The maximum Gasteiger partial charge on any atom is 0.260 e. The summed E-state index contributed by atoms with van der Waals surface area (Å²) in [6, 6.07) is 23.5. The summed E-state index contributed by atoms with van der Waals surface area (Å²) >= 11 is 1.56. The number of fused-ring (bicyclic) bond motifs is 1. The largest absolute Gasteiger partial charge is 0.494 e. The maximum absolute atomic E-state index is 13.5. The Morgan fingerprint density at radius 1 is 0.967 bits per heavy atom. The molecule has 30 heavy (non-hydrogen) atoms. The second-order valence-electron chi connectivity index (χ2n) is 6.95. The fourth-order valence-electron chi connectivity index (χ4n) is 3.40. The fourth-order valence-corrected chi connectivity index (χ4v) is 4.41. The molecule has 0 N–H and O–H groups in total. The highest BCUT2D eigenvalue weighted by Crippen LogP contribution is 2.33. The average Bonchev–Trinajstić information content (AvgIpc) is 3.22. The standard InChI is InChI=1S/C25H24N2O2S/c1-3-19-11-8-12-22-23(19)26-25(30-22)27(17-18-9-6-5-7-10-18)24(28)20-13-15-21(16-14-20)29-4-2/h5-16H,3-4,17H2,1-2H3. The number of aromatic nitrogens is 1. The molecule has 0 saturated heterocycles. The van der Waals surface area contributed by atoms with E-state index in [1.165, 1.54) is 5.56 Å². The van der Waals surface area contributed by atoms with Crippen molar-refractivity contribution in [2.75, 3.05) is 11.5 Å². The van der Waals surface area contributed by atoms with Crippen molar-refractivity contribution in [1.29, 1.82) is 0 Å². The minimum Gasteiger partial charge on any atom is -0.494 e. The zero-order valence-electron chi connectivity index (χ0n) is 17.2. The summed E-state index contributed by atoms with van der Waals surface area (Å²) in [6.07, 6.45) is 0.909. The van der Waals surface area contributed by atoms with E-state index in [-0.39, 0.29) is 5.91 Å². The van der Waals surface area contributed by atoms with E-state index < -0.39 is 0 Å². The maximum atomic E-state index is 13.5. The average molecular weight is 417 g/mol. The second kappa shape index (κ2) is 9.09. The molecule has 3 aromatic carbocycles. The Balaban J connectivity index is 1.73. The zero-order valence-corrected chi connectivity index (χ0v) is 18.0. The van der Waals surface area contributed by atoms with Crippen LogP contribution in [0.4, 0.5) is 5.13 Å². The molecule has 5 heteroatoms. The highest BCUT2D eigenvalue weighted by Gasteiger charge is 2.22. The SMILES string of the molecule is CCOc1ccc(C(=O)N(Cc2ccccc2)c2nc3c(CC)cccc3s2)cc1. The Kier molecular flexibility index (Phi) is 6.10. The lowest BCUT2D eigenvalue weighted by Gasteiger charge is -2.20. The molecule has 4 nitrogen and oxygen atoms in total. The monoisotopic (exact) mass is 416 g/mol. The van der Waals surface area contributed by atoms with Crippen LogP contribution < -0.4 is 9.64 Å². The van der Waals surface area contributed by atoms with Gasteiger partial charge < -0.3 is 4.74 Å². The number of ether oxygens (including phenoxy) is 1. The van der Waals surface area contributed by atoms with Gasteiger partial charge in [-0.25, -0.2) is 4.98 Å². The third-order valence-electron chi connectivity index (χ3n) is 4.94. The van der Waals surface area contributed by atoms with Crippen molar-refractivity contribution in [1.82, 2.24) is 4.98 Å². The third-order valence-corrected chi connectivity index (χ3v) is 5.99. The smallest absolute Gasteiger partial charge is 0.260 e. The van der Waals surface area contributed by atoms with Crippen LogP contribution in [0, 0.1) is 0 Å².